The third-order valence-corrected chi connectivity index (χ3v) is 6.86. The van der Waals surface area contributed by atoms with E-state index in [1.54, 1.807) is 28.8 Å². The van der Waals surface area contributed by atoms with E-state index in [4.69, 9.17) is 9.47 Å². The zero-order valence-corrected chi connectivity index (χ0v) is 20.1. The minimum Gasteiger partial charge on any atom is -0.454 e. The third-order valence-electron chi connectivity index (χ3n) is 5.93. The monoisotopic (exact) mass is 499 g/mol. The summed E-state index contributed by atoms with van der Waals surface area (Å²) in [6.45, 7) is 2.56. The van der Waals surface area contributed by atoms with E-state index in [2.05, 4.69) is 15.5 Å². The Balaban J connectivity index is 1.30. The zero-order chi connectivity index (χ0) is 24.6. The lowest BCUT2D eigenvalue weighted by Crippen LogP contribution is -2.24. The number of hydrogen-bond donors (Lipinski definition) is 1. The van der Waals surface area contributed by atoms with Crippen molar-refractivity contribution in [2.24, 2.45) is 0 Å². The Kier molecular flexibility index (Phi) is 5.57. The van der Waals surface area contributed by atoms with Crippen molar-refractivity contribution in [3.63, 3.8) is 0 Å². The maximum atomic E-state index is 13.4. The molecule has 2 aromatic heterocycles. The second kappa shape index (κ2) is 9.04. The lowest BCUT2D eigenvalue weighted by atomic mass is 10.1. The Bertz CT molecular complexity index is 1680. The van der Waals surface area contributed by atoms with Crippen LogP contribution in [0.4, 0.5) is 5.69 Å². The maximum Gasteiger partial charge on any atom is 0.263 e. The summed E-state index contributed by atoms with van der Waals surface area (Å²) in [6, 6.07) is 20.6. The van der Waals surface area contributed by atoms with Gasteiger partial charge in [0.1, 0.15) is 0 Å². The highest BCUT2D eigenvalue weighted by Gasteiger charge is 2.19. The summed E-state index contributed by atoms with van der Waals surface area (Å²) in [5.74, 6) is 1.59. The van der Waals surface area contributed by atoms with Gasteiger partial charge in [0, 0.05) is 11.8 Å². The SMILES string of the molecule is Cc1ccc(Cn2c(=O)c3ccccc3n3c(SCC(=O)Nc4ccc5c(c4)OCO5)nnc23)cc1. The number of ether oxygens (including phenoxy) is 2. The molecule has 0 aliphatic carbocycles. The summed E-state index contributed by atoms with van der Waals surface area (Å²) in [4.78, 5) is 26.0. The van der Waals surface area contributed by atoms with E-state index in [0.29, 0.717) is 45.6 Å². The fourth-order valence-electron chi connectivity index (χ4n) is 4.15. The third kappa shape index (κ3) is 4.05. The highest BCUT2D eigenvalue weighted by atomic mass is 32.2. The molecule has 9 nitrogen and oxygen atoms in total. The van der Waals surface area contributed by atoms with Crippen LogP contribution in [0, 0.1) is 6.92 Å². The second-order valence-electron chi connectivity index (χ2n) is 8.42. The van der Waals surface area contributed by atoms with Crippen molar-refractivity contribution in [1.82, 2.24) is 19.2 Å². The first-order valence-corrected chi connectivity index (χ1v) is 12.3. The Morgan fingerprint density at radius 2 is 1.83 bits per heavy atom. The maximum absolute atomic E-state index is 13.4. The predicted molar refractivity (Wildman–Crippen MR) is 137 cm³/mol. The minimum absolute atomic E-state index is 0.112. The van der Waals surface area contributed by atoms with Crippen LogP contribution in [0.1, 0.15) is 11.1 Å². The van der Waals surface area contributed by atoms with E-state index in [1.165, 1.54) is 11.8 Å². The van der Waals surface area contributed by atoms with Crippen LogP contribution in [0.3, 0.4) is 0 Å². The number of hydrogen-bond acceptors (Lipinski definition) is 7. The first-order valence-electron chi connectivity index (χ1n) is 11.3. The fraction of sp³-hybridized carbons (Fsp3) is 0.154. The lowest BCUT2D eigenvalue weighted by molar-refractivity contribution is -0.113. The highest BCUT2D eigenvalue weighted by Crippen LogP contribution is 2.34. The van der Waals surface area contributed by atoms with Gasteiger partial charge >= 0.3 is 0 Å². The largest absolute Gasteiger partial charge is 0.454 e. The molecule has 0 atom stereocenters. The topological polar surface area (TPSA) is 99.8 Å². The lowest BCUT2D eigenvalue weighted by Gasteiger charge is -2.11. The molecule has 1 N–H and O–H groups in total. The van der Waals surface area contributed by atoms with Crippen molar-refractivity contribution in [2.45, 2.75) is 18.6 Å². The first kappa shape index (κ1) is 22.2. The molecule has 0 bridgehead atoms. The number of carbonyl (C=O) groups excluding carboxylic acids is 1. The van der Waals surface area contributed by atoms with Gasteiger partial charge in [-0.15, -0.1) is 10.2 Å². The summed E-state index contributed by atoms with van der Waals surface area (Å²) >= 11 is 1.25. The molecule has 36 heavy (non-hydrogen) atoms. The molecule has 180 valence electrons. The molecule has 3 aromatic carbocycles. The van der Waals surface area contributed by atoms with Crippen molar-refractivity contribution in [3.05, 3.63) is 88.2 Å². The number of amides is 1. The van der Waals surface area contributed by atoms with Gasteiger partial charge in [-0.05, 0) is 36.8 Å². The van der Waals surface area contributed by atoms with E-state index in [0.717, 1.165) is 11.1 Å². The first-order chi connectivity index (χ1) is 17.6. The summed E-state index contributed by atoms with van der Waals surface area (Å²) in [5.41, 5.74) is 3.31. The van der Waals surface area contributed by atoms with Crippen LogP contribution in [0.5, 0.6) is 11.5 Å². The molecule has 0 saturated heterocycles. The van der Waals surface area contributed by atoms with Crippen LogP contribution in [0.15, 0.2) is 76.7 Å². The van der Waals surface area contributed by atoms with Crippen LogP contribution in [0.25, 0.3) is 16.7 Å². The molecule has 0 spiro atoms. The van der Waals surface area contributed by atoms with E-state index in [9.17, 15) is 9.59 Å². The molecule has 0 fully saturated rings. The Labute approximate surface area is 209 Å². The van der Waals surface area contributed by atoms with Gasteiger partial charge < -0.3 is 14.8 Å². The molecule has 10 heteroatoms. The number of nitrogens with one attached hydrogen (secondary N) is 1. The summed E-state index contributed by atoms with van der Waals surface area (Å²) in [5, 5.41) is 12.6. The number of nitrogens with zero attached hydrogens (tertiary/aromatic N) is 4. The van der Waals surface area contributed by atoms with Crippen molar-refractivity contribution >= 4 is 40.0 Å². The van der Waals surface area contributed by atoms with Gasteiger partial charge in [-0.1, -0.05) is 53.7 Å². The standard InChI is InChI=1S/C26H21N5O4S/c1-16-6-8-17(9-7-16)13-30-24(33)19-4-2-3-5-20(19)31-25(30)28-29-26(31)36-14-23(32)27-18-10-11-21-22(12-18)35-15-34-21/h2-12H,13-15H2,1H3,(H,27,32). The number of carbonyl (C=O) groups is 1. The molecule has 0 radical (unpaired) electrons. The normalized spacial score (nSPS) is 12.4. The van der Waals surface area contributed by atoms with Crippen LogP contribution < -0.4 is 20.3 Å². The van der Waals surface area contributed by atoms with Crippen molar-refractivity contribution in [2.75, 3.05) is 17.9 Å². The molecule has 3 heterocycles. The van der Waals surface area contributed by atoms with E-state index < -0.39 is 0 Å². The number of para-hydroxylation sites is 1. The number of rotatable bonds is 6. The van der Waals surface area contributed by atoms with E-state index in [-0.39, 0.29) is 24.0 Å². The molecule has 1 aliphatic rings. The van der Waals surface area contributed by atoms with Crippen molar-refractivity contribution < 1.29 is 14.3 Å². The second-order valence-corrected chi connectivity index (χ2v) is 9.36. The number of aryl methyl sites for hydroxylation is 1. The quantitative estimate of drug-likeness (QED) is 0.354. The number of fused-ring (bicyclic) bond motifs is 4. The van der Waals surface area contributed by atoms with Gasteiger partial charge in [0.25, 0.3) is 5.56 Å². The number of anilines is 1. The summed E-state index contributed by atoms with van der Waals surface area (Å²) in [6.07, 6.45) is 0. The van der Waals surface area contributed by atoms with Gasteiger partial charge in [0.05, 0.1) is 23.2 Å². The smallest absolute Gasteiger partial charge is 0.263 e. The Morgan fingerprint density at radius 3 is 2.69 bits per heavy atom. The van der Waals surface area contributed by atoms with Gasteiger partial charge in [-0.2, -0.15) is 0 Å². The summed E-state index contributed by atoms with van der Waals surface area (Å²) in [7, 11) is 0. The van der Waals surface area contributed by atoms with Crippen molar-refractivity contribution in [3.8, 4) is 11.5 Å². The van der Waals surface area contributed by atoms with Gasteiger partial charge in [-0.3, -0.25) is 18.6 Å². The molecule has 6 rings (SSSR count). The Hall–Kier alpha value is -4.31. The predicted octanol–water partition coefficient (Wildman–Crippen LogP) is 3.86. The van der Waals surface area contributed by atoms with Gasteiger partial charge in [0.15, 0.2) is 16.7 Å². The Morgan fingerprint density at radius 1 is 1.03 bits per heavy atom. The number of benzene rings is 3. The highest BCUT2D eigenvalue weighted by molar-refractivity contribution is 7.99. The average Bonchev–Trinajstić information content (AvgIpc) is 3.53. The average molecular weight is 500 g/mol. The van der Waals surface area contributed by atoms with Gasteiger partial charge in [0.2, 0.25) is 18.5 Å². The molecule has 1 amide bonds. The molecule has 1 aliphatic heterocycles. The van der Waals surface area contributed by atoms with Crippen LogP contribution in [0.2, 0.25) is 0 Å². The molecule has 5 aromatic rings. The molecule has 0 saturated carbocycles. The van der Waals surface area contributed by atoms with Crippen LogP contribution in [-0.4, -0.2) is 37.6 Å². The molecule has 0 unspecified atom stereocenters. The number of aromatic nitrogens is 4. The van der Waals surface area contributed by atoms with E-state index >= 15 is 0 Å². The van der Waals surface area contributed by atoms with Crippen LogP contribution >= 0.6 is 11.8 Å². The number of thioether (sulfide) groups is 1. The fourth-order valence-corrected chi connectivity index (χ4v) is 4.89. The molecular formula is C26H21N5O4S. The minimum atomic E-state index is -0.201. The van der Waals surface area contributed by atoms with Crippen LogP contribution in [-0.2, 0) is 11.3 Å². The van der Waals surface area contributed by atoms with Crippen molar-refractivity contribution in [1.29, 1.82) is 0 Å². The molecular weight excluding hydrogens is 478 g/mol. The zero-order valence-electron chi connectivity index (χ0n) is 19.3. The summed E-state index contributed by atoms with van der Waals surface area (Å²) < 4.78 is 14.1. The van der Waals surface area contributed by atoms with E-state index in [1.807, 2.05) is 53.8 Å². The van der Waals surface area contributed by atoms with Gasteiger partial charge in [-0.25, -0.2) is 0 Å².